The standard InChI is InChI=1S/C25H26F2N2O3/c1-25(26,27)17-12-10-16(11-13-17)14-29-15-19(23(31)18-6-2-4-8-21(18)29)24(32)28-20-7-3-5-9-22(20)30/h2,4,6,8,10-13,15,20,22,30H,3,5,7,9,14H2,1H3,(H,28,32)/t20-,22-/m0/s1. The average Bonchev–Trinajstić information content (AvgIpc) is 2.77. The van der Waals surface area contributed by atoms with E-state index in [1.807, 2.05) is 0 Å². The van der Waals surface area contributed by atoms with Gasteiger partial charge in [-0.25, -0.2) is 8.78 Å². The van der Waals surface area contributed by atoms with Crippen molar-refractivity contribution < 1.29 is 18.7 Å². The number of amides is 1. The topological polar surface area (TPSA) is 71.3 Å². The van der Waals surface area contributed by atoms with E-state index in [9.17, 15) is 23.5 Å². The second-order valence-electron chi connectivity index (χ2n) is 8.53. The number of hydrogen-bond acceptors (Lipinski definition) is 3. The van der Waals surface area contributed by atoms with Crippen molar-refractivity contribution in [3.8, 4) is 0 Å². The highest BCUT2D eigenvalue weighted by atomic mass is 19.3. The molecule has 32 heavy (non-hydrogen) atoms. The van der Waals surface area contributed by atoms with Crippen molar-refractivity contribution in [2.45, 2.75) is 57.2 Å². The molecular formula is C25H26F2N2O3. The molecule has 1 saturated carbocycles. The molecule has 3 aromatic rings. The molecule has 1 heterocycles. The van der Waals surface area contributed by atoms with E-state index in [1.54, 1.807) is 41.0 Å². The zero-order valence-corrected chi connectivity index (χ0v) is 17.9. The second kappa shape index (κ2) is 8.82. The van der Waals surface area contributed by atoms with Crippen LogP contribution < -0.4 is 10.7 Å². The summed E-state index contributed by atoms with van der Waals surface area (Å²) in [5, 5.41) is 13.4. The van der Waals surface area contributed by atoms with Crippen molar-refractivity contribution in [3.63, 3.8) is 0 Å². The number of halogens is 2. The van der Waals surface area contributed by atoms with Gasteiger partial charge in [0.2, 0.25) is 5.43 Å². The number of alkyl halides is 2. The normalized spacial score (nSPS) is 19.1. The Balaban J connectivity index is 1.69. The van der Waals surface area contributed by atoms with E-state index >= 15 is 0 Å². The Labute approximate surface area is 184 Å². The lowest BCUT2D eigenvalue weighted by Crippen LogP contribution is -2.46. The third-order valence-electron chi connectivity index (χ3n) is 6.09. The van der Waals surface area contributed by atoms with Crippen molar-refractivity contribution in [2.75, 3.05) is 0 Å². The average molecular weight is 440 g/mol. The van der Waals surface area contributed by atoms with E-state index in [2.05, 4.69) is 5.32 Å². The summed E-state index contributed by atoms with van der Waals surface area (Å²) in [4.78, 5) is 26.0. The molecule has 1 aliphatic rings. The Morgan fingerprint density at radius 3 is 2.50 bits per heavy atom. The van der Waals surface area contributed by atoms with Gasteiger partial charge in [-0.05, 0) is 30.5 Å². The summed E-state index contributed by atoms with van der Waals surface area (Å²) in [6, 6.07) is 12.6. The molecule has 4 rings (SSSR count). The van der Waals surface area contributed by atoms with Crippen LogP contribution in [0.1, 0.15) is 54.1 Å². The van der Waals surface area contributed by atoms with Gasteiger partial charge in [-0.15, -0.1) is 0 Å². The first-order chi connectivity index (χ1) is 15.2. The van der Waals surface area contributed by atoms with Crippen LogP contribution >= 0.6 is 0 Å². The Morgan fingerprint density at radius 1 is 1.12 bits per heavy atom. The summed E-state index contributed by atoms with van der Waals surface area (Å²) in [6.45, 7) is 1.16. The van der Waals surface area contributed by atoms with E-state index in [1.165, 1.54) is 18.3 Å². The molecule has 0 aliphatic heterocycles. The number of carbonyl (C=O) groups excluding carboxylic acids is 1. The number of nitrogens with one attached hydrogen (secondary N) is 1. The summed E-state index contributed by atoms with van der Waals surface area (Å²) >= 11 is 0. The molecule has 2 aromatic carbocycles. The third kappa shape index (κ3) is 4.58. The molecule has 0 radical (unpaired) electrons. The molecule has 2 N–H and O–H groups in total. The largest absolute Gasteiger partial charge is 0.391 e. The van der Waals surface area contributed by atoms with Gasteiger partial charge in [0.15, 0.2) is 0 Å². The molecule has 0 saturated heterocycles. The summed E-state index contributed by atoms with van der Waals surface area (Å²) in [5.41, 5.74) is 0.966. The highest BCUT2D eigenvalue weighted by Gasteiger charge is 2.26. The van der Waals surface area contributed by atoms with Crippen molar-refractivity contribution in [2.24, 2.45) is 0 Å². The van der Waals surface area contributed by atoms with Crippen LogP contribution in [0.5, 0.6) is 0 Å². The van der Waals surface area contributed by atoms with Crippen LogP contribution in [0.15, 0.2) is 59.5 Å². The summed E-state index contributed by atoms with van der Waals surface area (Å²) in [5.74, 6) is -3.43. The third-order valence-corrected chi connectivity index (χ3v) is 6.09. The zero-order chi connectivity index (χ0) is 22.9. The van der Waals surface area contributed by atoms with Crippen LogP contribution in [-0.2, 0) is 12.5 Å². The minimum Gasteiger partial charge on any atom is -0.391 e. The zero-order valence-electron chi connectivity index (χ0n) is 17.9. The lowest BCUT2D eigenvalue weighted by atomic mass is 9.92. The number of rotatable bonds is 5. The number of para-hydroxylation sites is 1. The molecule has 1 aromatic heterocycles. The molecule has 0 spiro atoms. The van der Waals surface area contributed by atoms with Crippen LogP contribution in [0, 0.1) is 0 Å². The van der Waals surface area contributed by atoms with Gasteiger partial charge >= 0.3 is 0 Å². The number of nitrogens with zero attached hydrogens (tertiary/aromatic N) is 1. The predicted octanol–water partition coefficient (Wildman–Crippen LogP) is 4.19. The molecule has 1 fully saturated rings. The van der Waals surface area contributed by atoms with E-state index < -0.39 is 17.9 Å². The lowest BCUT2D eigenvalue weighted by molar-refractivity contribution is 0.0174. The molecule has 2 atom stereocenters. The molecule has 1 amide bonds. The second-order valence-corrected chi connectivity index (χ2v) is 8.53. The maximum absolute atomic E-state index is 13.5. The maximum Gasteiger partial charge on any atom is 0.270 e. The van der Waals surface area contributed by atoms with Crippen molar-refractivity contribution >= 4 is 16.8 Å². The molecule has 0 unspecified atom stereocenters. The lowest BCUT2D eigenvalue weighted by Gasteiger charge is -2.28. The fourth-order valence-corrected chi connectivity index (χ4v) is 4.26. The summed E-state index contributed by atoms with van der Waals surface area (Å²) in [7, 11) is 0. The number of benzene rings is 2. The van der Waals surface area contributed by atoms with Crippen molar-refractivity contribution in [1.29, 1.82) is 0 Å². The van der Waals surface area contributed by atoms with E-state index in [0.717, 1.165) is 25.3 Å². The van der Waals surface area contributed by atoms with Crippen molar-refractivity contribution in [1.82, 2.24) is 9.88 Å². The Bertz CT molecular complexity index is 1180. The quantitative estimate of drug-likeness (QED) is 0.625. The van der Waals surface area contributed by atoms with Gasteiger partial charge in [-0.1, -0.05) is 49.2 Å². The molecular weight excluding hydrogens is 414 g/mol. The minimum absolute atomic E-state index is 0.00168. The number of aliphatic hydroxyl groups excluding tert-OH is 1. The van der Waals surface area contributed by atoms with Crippen LogP contribution in [0.4, 0.5) is 8.78 Å². The number of aromatic nitrogens is 1. The number of fused-ring (bicyclic) bond motifs is 1. The fourth-order valence-electron chi connectivity index (χ4n) is 4.26. The minimum atomic E-state index is -2.92. The predicted molar refractivity (Wildman–Crippen MR) is 119 cm³/mol. The van der Waals surface area contributed by atoms with Crippen LogP contribution in [0.2, 0.25) is 0 Å². The fraction of sp³-hybridized carbons (Fsp3) is 0.360. The number of hydrogen-bond donors (Lipinski definition) is 2. The first-order valence-electron chi connectivity index (χ1n) is 10.8. The number of pyridine rings is 1. The van der Waals surface area contributed by atoms with Crippen LogP contribution in [0.25, 0.3) is 10.9 Å². The first kappa shape index (κ1) is 22.1. The molecule has 0 bridgehead atoms. The number of carbonyl (C=O) groups is 1. The highest BCUT2D eigenvalue weighted by Crippen LogP contribution is 2.27. The Morgan fingerprint density at radius 2 is 1.81 bits per heavy atom. The Hall–Kier alpha value is -3.06. The van der Waals surface area contributed by atoms with E-state index in [0.29, 0.717) is 30.3 Å². The van der Waals surface area contributed by atoms with Gasteiger partial charge in [0.05, 0.1) is 17.7 Å². The number of aliphatic hydroxyl groups is 1. The molecule has 1 aliphatic carbocycles. The van der Waals surface area contributed by atoms with Crippen molar-refractivity contribution in [3.05, 3.63) is 81.6 Å². The monoisotopic (exact) mass is 440 g/mol. The van der Waals surface area contributed by atoms with Gasteiger partial charge in [-0.2, -0.15) is 0 Å². The summed E-state index contributed by atoms with van der Waals surface area (Å²) in [6.07, 6.45) is 4.02. The van der Waals surface area contributed by atoms with Crippen LogP contribution in [-0.4, -0.2) is 27.7 Å². The Kier molecular flexibility index (Phi) is 6.11. The van der Waals surface area contributed by atoms with Crippen LogP contribution in [0.3, 0.4) is 0 Å². The van der Waals surface area contributed by atoms with E-state index in [4.69, 9.17) is 0 Å². The maximum atomic E-state index is 13.5. The first-order valence-corrected chi connectivity index (χ1v) is 10.8. The van der Waals surface area contributed by atoms with Gasteiger partial charge in [0, 0.05) is 30.6 Å². The SMILES string of the molecule is CC(F)(F)c1ccc(Cn2cc(C(=O)N[C@H]3CCCC[C@@H]3O)c(=O)c3ccccc32)cc1. The van der Waals surface area contributed by atoms with Gasteiger partial charge in [0.1, 0.15) is 5.56 Å². The van der Waals surface area contributed by atoms with Gasteiger partial charge in [-0.3, -0.25) is 9.59 Å². The van der Waals surface area contributed by atoms with Gasteiger partial charge < -0.3 is 15.0 Å². The van der Waals surface area contributed by atoms with E-state index in [-0.39, 0.29) is 22.6 Å². The smallest absolute Gasteiger partial charge is 0.270 e. The van der Waals surface area contributed by atoms with Gasteiger partial charge in [0.25, 0.3) is 11.8 Å². The highest BCUT2D eigenvalue weighted by molar-refractivity contribution is 5.97. The summed E-state index contributed by atoms with van der Waals surface area (Å²) < 4.78 is 28.8. The molecule has 5 nitrogen and oxygen atoms in total. The molecule has 7 heteroatoms. The molecule has 168 valence electrons.